The van der Waals surface area contributed by atoms with Crippen molar-refractivity contribution in [2.24, 2.45) is 0 Å². The Kier molecular flexibility index (Phi) is 5.83. The van der Waals surface area contributed by atoms with E-state index >= 15 is 0 Å². The summed E-state index contributed by atoms with van der Waals surface area (Å²) >= 11 is 0. The Bertz CT molecular complexity index is 547. The maximum atomic E-state index is 11.8. The van der Waals surface area contributed by atoms with E-state index in [4.69, 9.17) is 8.85 Å². The fourth-order valence-corrected chi connectivity index (χ4v) is 3.74. The van der Waals surface area contributed by atoms with Crippen molar-refractivity contribution in [2.75, 3.05) is 0 Å². The summed E-state index contributed by atoms with van der Waals surface area (Å²) in [6, 6.07) is 5.67. The van der Waals surface area contributed by atoms with Gasteiger partial charge in [-0.25, -0.2) is 0 Å². The predicted octanol–water partition coefficient (Wildman–Crippen LogP) is 6.27. The molecule has 0 aliphatic carbocycles. The Morgan fingerprint density at radius 3 is 1.38 bits per heavy atom. The summed E-state index contributed by atoms with van der Waals surface area (Å²) in [7, 11) is -4.03. The van der Waals surface area contributed by atoms with E-state index < -0.39 is 16.6 Å². The lowest BCUT2D eigenvalue weighted by molar-refractivity contribution is 0.112. The molecule has 0 fully saturated rings. The van der Waals surface area contributed by atoms with E-state index in [1.54, 1.807) is 0 Å². The summed E-state index contributed by atoms with van der Waals surface area (Å²) < 4.78 is 12.7. The fraction of sp³-hybridized carbons (Fsp3) is 0.632. The molecule has 3 nitrogen and oxygen atoms in total. The summed E-state index contributed by atoms with van der Waals surface area (Å²) in [5.74, 6) is 1.29. The van der Waals surface area contributed by atoms with E-state index in [-0.39, 0.29) is 10.1 Å². The molecule has 0 amide bonds. The molecule has 1 aromatic carbocycles. The third-order valence-electron chi connectivity index (χ3n) is 5.49. The van der Waals surface area contributed by atoms with Gasteiger partial charge in [0.1, 0.15) is 11.5 Å². The van der Waals surface area contributed by atoms with Crippen LogP contribution < -0.4 is 8.85 Å². The maximum Gasteiger partial charge on any atom is 0.250 e. The SMILES string of the molecule is CC(C)(C)[Si](C)(C)Oc1cccc(O[Si](C)(C)C(C)(C)C)c1C=O. The normalized spacial score (nSPS) is 13.6. The Balaban J connectivity index is 3.27. The van der Waals surface area contributed by atoms with Gasteiger partial charge in [-0.3, -0.25) is 4.79 Å². The summed E-state index contributed by atoms with van der Waals surface area (Å²) in [5.41, 5.74) is 0.534. The van der Waals surface area contributed by atoms with Crippen molar-refractivity contribution < 1.29 is 13.6 Å². The van der Waals surface area contributed by atoms with Crippen LogP contribution in [-0.2, 0) is 0 Å². The molecule has 0 saturated heterocycles. The highest BCUT2D eigenvalue weighted by Gasteiger charge is 2.41. The molecule has 0 saturated carbocycles. The molecule has 0 atom stereocenters. The summed E-state index contributed by atoms with van der Waals surface area (Å²) in [4.78, 5) is 11.8. The molecule has 0 unspecified atom stereocenters. The van der Waals surface area contributed by atoms with Crippen LogP contribution in [0.15, 0.2) is 18.2 Å². The summed E-state index contributed by atoms with van der Waals surface area (Å²) in [6.07, 6.45) is 0.866. The van der Waals surface area contributed by atoms with Gasteiger partial charge in [0.15, 0.2) is 6.29 Å². The van der Waals surface area contributed by atoms with Crippen LogP contribution in [0.3, 0.4) is 0 Å². The zero-order valence-corrected chi connectivity index (χ0v) is 19.0. The topological polar surface area (TPSA) is 35.5 Å². The van der Waals surface area contributed by atoms with Crippen LogP contribution >= 0.6 is 0 Å². The number of hydrogen-bond donors (Lipinski definition) is 0. The van der Waals surface area contributed by atoms with E-state index in [1.165, 1.54) is 0 Å². The van der Waals surface area contributed by atoms with Crippen molar-refractivity contribution >= 4 is 22.9 Å². The molecule has 0 aliphatic rings. The van der Waals surface area contributed by atoms with Gasteiger partial charge in [0.2, 0.25) is 0 Å². The standard InChI is InChI=1S/C19H34O3Si2/c1-18(2,3)23(7,8)21-16-12-11-13-17(15(16)14-20)22-24(9,10)19(4,5)6/h11-14H,1-10H3. The third kappa shape index (κ3) is 4.51. The van der Waals surface area contributed by atoms with Gasteiger partial charge in [-0.05, 0) is 48.4 Å². The first-order valence-corrected chi connectivity index (χ1v) is 14.4. The van der Waals surface area contributed by atoms with E-state index in [0.717, 1.165) is 6.29 Å². The lowest BCUT2D eigenvalue weighted by Crippen LogP contribution is -2.45. The van der Waals surface area contributed by atoms with E-state index in [9.17, 15) is 4.79 Å². The molecule has 5 heteroatoms. The summed E-state index contributed by atoms with van der Waals surface area (Å²) in [6.45, 7) is 21.9. The molecule has 0 aromatic heterocycles. The van der Waals surface area contributed by atoms with Gasteiger partial charge in [0.05, 0.1) is 5.56 Å². The van der Waals surface area contributed by atoms with Crippen LogP contribution in [0.5, 0.6) is 11.5 Å². The van der Waals surface area contributed by atoms with Crippen molar-refractivity contribution in [1.29, 1.82) is 0 Å². The van der Waals surface area contributed by atoms with E-state index in [2.05, 4.69) is 67.7 Å². The average Bonchev–Trinajstić information content (AvgIpc) is 2.35. The minimum atomic E-state index is -2.01. The monoisotopic (exact) mass is 366 g/mol. The molecule has 0 aliphatic heterocycles. The Labute approximate surface area is 150 Å². The van der Waals surface area contributed by atoms with Crippen molar-refractivity contribution in [3.63, 3.8) is 0 Å². The molecular weight excluding hydrogens is 332 g/mol. The van der Waals surface area contributed by atoms with Gasteiger partial charge in [-0.15, -0.1) is 0 Å². The average molecular weight is 367 g/mol. The second kappa shape index (κ2) is 6.67. The second-order valence-corrected chi connectivity index (χ2v) is 19.0. The molecule has 0 heterocycles. The van der Waals surface area contributed by atoms with Gasteiger partial charge >= 0.3 is 0 Å². The fourth-order valence-electron chi connectivity index (χ4n) is 1.67. The molecule has 136 valence electrons. The van der Waals surface area contributed by atoms with E-state index in [1.807, 2.05) is 18.2 Å². The molecule has 24 heavy (non-hydrogen) atoms. The number of carbonyl (C=O) groups excluding carboxylic acids is 1. The molecular formula is C19H34O3Si2. The van der Waals surface area contributed by atoms with Gasteiger partial charge in [-0.1, -0.05) is 47.6 Å². The maximum absolute atomic E-state index is 11.8. The zero-order valence-electron chi connectivity index (χ0n) is 17.0. The molecule has 0 spiro atoms. The van der Waals surface area contributed by atoms with Crippen molar-refractivity contribution in [3.05, 3.63) is 23.8 Å². The van der Waals surface area contributed by atoms with Crippen molar-refractivity contribution in [1.82, 2.24) is 0 Å². The zero-order chi connectivity index (χ0) is 19.0. The number of hydrogen-bond acceptors (Lipinski definition) is 3. The highest BCUT2D eigenvalue weighted by molar-refractivity contribution is 6.75. The summed E-state index contributed by atoms with van der Waals surface area (Å²) in [5, 5.41) is 0.146. The molecule has 0 N–H and O–H groups in total. The predicted molar refractivity (Wildman–Crippen MR) is 107 cm³/mol. The van der Waals surface area contributed by atoms with Crippen LogP contribution in [0.2, 0.25) is 36.3 Å². The van der Waals surface area contributed by atoms with Crippen LogP contribution in [0.4, 0.5) is 0 Å². The highest BCUT2D eigenvalue weighted by atomic mass is 28.4. The lowest BCUT2D eigenvalue weighted by Gasteiger charge is -2.38. The van der Waals surface area contributed by atoms with Gasteiger partial charge in [0.25, 0.3) is 16.6 Å². The quantitative estimate of drug-likeness (QED) is 0.455. The van der Waals surface area contributed by atoms with Crippen LogP contribution in [0.25, 0.3) is 0 Å². The minimum Gasteiger partial charge on any atom is -0.543 e. The van der Waals surface area contributed by atoms with Crippen molar-refractivity contribution in [3.8, 4) is 11.5 Å². The minimum absolute atomic E-state index is 0.0729. The Morgan fingerprint density at radius 1 is 0.792 bits per heavy atom. The molecule has 0 radical (unpaired) electrons. The Hall–Kier alpha value is -1.08. The Morgan fingerprint density at radius 2 is 1.12 bits per heavy atom. The van der Waals surface area contributed by atoms with Crippen LogP contribution in [0.1, 0.15) is 51.9 Å². The third-order valence-corrected chi connectivity index (χ3v) is 14.2. The van der Waals surface area contributed by atoms with Crippen LogP contribution in [-0.4, -0.2) is 22.9 Å². The highest BCUT2D eigenvalue weighted by Crippen LogP contribution is 2.42. The van der Waals surface area contributed by atoms with Gasteiger partial charge < -0.3 is 8.85 Å². The first kappa shape index (κ1) is 21.0. The number of carbonyl (C=O) groups is 1. The van der Waals surface area contributed by atoms with Crippen molar-refractivity contribution in [2.45, 2.75) is 77.8 Å². The molecule has 1 aromatic rings. The van der Waals surface area contributed by atoms with E-state index in [0.29, 0.717) is 17.1 Å². The largest absolute Gasteiger partial charge is 0.543 e. The first-order valence-electron chi connectivity index (χ1n) is 8.58. The second-order valence-electron chi connectivity index (χ2n) is 9.51. The van der Waals surface area contributed by atoms with Gasteiger partial charge in [-0.2, -0.15) is 0 Å². The van der Waals surface area contributed by atoms with Crippen LogP contribution in [0, 0.1) is 0 Å². The first-order chi connectivity index (χ1) is 10.6. The molecule has 0 bridgehead atoms. The number of aldehydes is 1. The lowest BCUT2D eigenvalue weighted by atomic mass is 10.2. The van der Waals surface area contributed by atoms with Gasteiger partial charge in [0, 0.05) is 0 Å². The smallest absolute Gasteiger partial charge is 0.250 e. The number of benzene rings is 1. The number of rotatable bonds is 5. The molecule has 1 rings (SSSR count).